The Morgan fingerprint density at radius 1 is 1.00 bits per heavy atom. The number of carbonyl (C=O) groups is 1. The van der Waals surface area contributed by atoms with Crippen molar-refractivity contribution in [3.8, 4) is 12.3 Å². The van der Waals surface area contributed by atoms with Gasteiger partial charge in [0.1, 0.15) is 0 Å². The van der Waals surface area contributed by atoms with Crippen LogP contribution in [0.4, 0.5) is 0 Å². The Labute approximate surface area is 129 Å². The van der Waals surface area contributed by atoms with E-state index >= 15 is 0 Å². The molecule has 0 aliphatic rings. The molecule has 116 valence electrons. The highest BCUT2D eigenvalue weighted by molar-refractivity contribution is 9.09. The van der Waals surface area contributed by atoms with Crippen molar-refractivity contribution < 1.29 is 19.0 Å². The standard InChI is InChI=1S/C14H24BrNO4/c1-2-3-4-5-7-18-9-11-20-12-10-19-8-6-16-14(17)13-15/h1H,3-13H2,(H,16,17). The topological polar surface area (TPSA) is 56.8 Å². The van der Waals surface area contributed by atoms with Gasteiger partial charge >= 0.3 is 0 Å². The number of nitrogens with one attached hydrogen (secondary N) is 1. The number of halogens is 1. The van der Waals surface area contributed by atoms with Crippen molar-refractivity contribution in [1.29, 1.82) is 0 Å². The van der Waals surface area contributed by atoms with Crippen molar-refractivity contribution >= 4 is 21.8 Å². The monoisotopic (exact) mass is 349 g/mol. The molecule has 0 saturated carbocycles. The van der Waals surface area contributed by atoms with Crippen molar-refractivity contribution in [3.63, 3.8) is 0 Å². The van der Waals surface area contributed by atoms with Crippen molar-refractivity contribution in [2.45, 2.75) is 19.3 Å². The predicted molar refractivity (Wildman–Crippen MR) is 81.9 cm³/mol. The molecule has 0 heterocycles. The average Bonchev–Trinajstić information content (AvgIpc) is 2.47. The number of carbonyl (C=O) groups excluding carboxylic acids is 1. The van der Waals surface area contributed by atoms with Crippen LogP contribution < -0.4 is 5.32 Å². The van der Waals surface area contributed by atoms with Crippen molar-refractivity contribution in [2.24, 2.45) is 0 Å². The van der Waals surface area contributed by atoms with Gasteiger partial charge in [-0.25, -0.2) is 0 Å². The maximum Gasteiger partial charge on any atom is 0.230 e. The van der Waals surface area contributed by atoms with Crippen LogP contribution in [0.1, 0.15) is 19.3 Å². The van der Waals surface area contributed by atoms with E-state index in [1.807, 2.05) is 0 Å². The number of unbranched alkanes of at least 4 members (excludes halogenated alkanes) is 2. The van der Waals surface area contributed by atoms with Crippen LogP contribution in [0.3, 0.4) is 0 Å². The SMILES string of the molecule is C#CCCCCOCCOCCOCCNC(=O)CBr. The number of terminal acetylenes is 1. The van der Waals surface area contributed by atoms with E-state index in [0.29, 0.717) is 44.9 Å². The molecule has 5 nitrogen and oxygen atoms in total. The number of hydrogen-bond donors (Lipinski definition) is 1. The summed E-state index contributed by atoms with van der Waals surface area (Å²) in [5.74, 6) is 2.56. The van der Waals surface area contributed by atoms with Gasteiger partial charge in [-0.3, -0.25) is 4.79 Å². The maximum absolute atomic E-state index is 10.9. The molecule has 20 heavy (non-hydrogen) atoms. The van der Waals surface area contributed by atoms with Crippen LogP contribution in [0.15, 0.2) is 0 Å². The molecule has 0 spiro atoms. The lowest BCUT2D eigenvalue weighted by molar-refractivity contribution is -0.118. The molecule has 0 bridgehead atoms. The zero-order valence-electron chi connectivity index (χ0n) is 11.9. The summed E-state index contributed by atoms with van der Waals surface area (Å²) in [6.07, 6.45) is 7.96. The van der Waals surface area contributed by atoms with Crippen LogP contribution in [0.5, 0.6) is 0 Å². The molecule has 0 aromatic carbocycles. The summed E-state index contributed by atoms with van der Waals surface area (Å²) in [4.78, 5) is 10.9. The highest BCUT2D eigenvalue weighted by Gasteiger charge is 1.96. The molecule has 0 rings (SSSR count). The van der Waals surface area contributed by atoms with Gasteiger partial charge in [-0.05, 0) is 12.8 Å². The van der Waals surface area contributed by atoms with Crippen molar-refractivity contribution in [2.75, 3.05) is 51.5 Å². The number of alkyl halides is 1. The third-order valence-electron chi connectivity index (χ3n) is 2.29. The van der Waals surface area contributed by atoms with E-state index < -0.39 is 0 Å². The summed E-state index contributed by atoms with van der Waals surface area (Å²) in [5.41, 5.74) is 0. The van der Waals surface area contributed by atoms with Crippen LogP contribution in [-0.4, -0.2) is 57.4 Å². The lowest BCUT2D eigenvalue weighted by atomic mass is 10.2. The first kappa shape index (κ1) is 19.4. The first-order valence-electron chi connectivity index (χ1n) is 6.80. The molecule has 0 aromatic heterocycles. The normalized spacial score (nSPS) is 10.2. The predicted octanol–water partition coefficient (Wildman–Crippen LogP) is 1.35. The molecule has 0 aromatic rings. The van der Waals surface area contributed by atoms with E-state index in [0.717, 1.165) is 25.9 Å². The summed E-state index contributed by atoms with van der Waals surface area (Å²) in [5, 5.41) is 3.01. The van der Waals surface area contributed by atoms with Gasteiger partial charge in [-0.2, -0.15) is 0 Å². The molecule has 1 amide bonds. The average molecular weight is 350 g/mol. The smallest absolute Gasteiger partial charge is 0.230 e. The lowest BCUT2D eigenvalue weighted by Crippen LogP contribution is -2.28. The molecule has 1 N–H and O–H groups in total. The maximum atomic E-state index is 10.9. The van der Waals surface area contributed by atoms with Crippen molar-refractivity contribution in [3.05, 3.63) is 0 Å². The highest BCUT2D eigenvalue weighted by atomic mass is 79.9. The molecule has 0 atom stereocenters. The molecule has 6 heteroatoms. The zero-order chi connectivity index (χ0) is 14.9. The Bertz CT molecular complexity index is 268. The van der Waals surface area contributed by atoms with Crippen LogP contribution in [0.2, 0.25) is 0 Å². The van der Waals surface area contributed by atoms with Gasteiger partial charge in [0.2, 0.25) is 5.91 Å². The molecule has 0 radical (unpaired) electrons. The Hall–Kier alpha value is -0.610. The third kappa shape index (κ3) is 15.4. The Morgan fingerprint density at radius 2 is 1.60 bits per heavy atom. The van der Waals surface area contributed by atoms with E-state index in [9.17, 15) is 4.79 Å². The van der Waals surface area contributed by atoms with Gasteiger partial charge in [0.25, 0.3) is 0 Å². The van der Waals surface area contributed by atoms with E-state index in [4.69, 9.17) is 20.6 Å². The fraction of sp³-hybridized carbons (Fsp3) is 0.786. The summed E-state index contributed by atoms with van der Waals surface area (Å²) >= 11 is 3.06. The zero-order valence-corrected chi connectivity index (χ0v) is 13.5. The quantitative estimate of drug-likeness (QED) is 0.292. The van der Waals surface area contributed by atoms with E-state index in [1.54, 1.807) is 0 Å². The van der Waals surface area contributed by atoms with Crippen molar-refractivity contribution in [1.82, 2.24) is 5.32 Å². The fourth-order valence-corrected chi connectivity index (χ4v) is 1.48. The van der Waals surface area contributed by atoms with Gasteiger partial charge in [0.05, 0.1) is 38.4 Å². The molecule has 0 fully saturated rings. The van der Waals surface area contributed by atoms with Gasteiger partial charge in [0, 0.05) is 19.6 Å². The second-order valence-corrected chi connectivity index (χ2v) is 4.54. The Balaban J connectivity index is 2.99. The Kier molecular flexibility index (Phi) is 15.9. The number of hydrogen-bond acceptors (Lipinski definition) is 4. The molecule has 0 unspecified atom stereocenters. The summed E-state index contributed by atoms with van der Waals surface area (Å²) in [6.45, 7) is 3.96. The number of amides is 1. The van der Waals surface area contributed by atoms with Crippen LogP contribution in [0.25, 0.3) is 0 Å². The number of rotatable bonds is 14. The van der Waals surface area contributed by atoms with E-state index in [2.05, 4.69) is 27.2 Å². The minimum absolute atomic E-state index is 0.0377. The highest BCUT2D eigenvalue weighted by Crippen LogP contribution is 1.93. The molecular formula is C14H24BrNO4. The molecule has 0 saturated heterocycles. The minimum Gasteiger partial charge on any atom is -0.379 e. The third-order valence-corrected chi connectivity index (χ3v) is 2.80. The van der Waals surface area contributed by atoms with Gasteiger partial charge in [0.15, 0.2) is 0 Å². The summed E-state index contributed by atoms with van der Waals surface area (Å²) in [7, 11) is 0. The molecule has 0 aliphatic carbocycles. The lowest BCUT2D eigenvalue weighted by Gasteiger charge is -2.07. The second-order valence-electron chi connectivity index (χ2n) is 3.98. The number of ether oxygens (including phenoxy) is 3. The summed E-state index contributed by atoms with van der Waals surface area (Å²) < 4.78 is 16.0. The van der Waals surface area contributed by atoms with Gasteiger partial charge in [-0.15, -0.1) is 12.3 Å². The Morgan fingerprint density at radius 3 is 2.20 bits per heavy atom. The first-order valence-corrected chi connectivity index (χ1v) is 7.92. The van der Waals surface area contributed by atoms with E-state index in [-0.39, 0.29) is 5.91 Å². The van der Waals surface area contributed by atoms with Crippen LogP contribution in [-0.2, 0) is 19.0 Å². The van der Waals surface area contributed by atoms with Crippen LogP contribution in [0, 0.1) is 12.3 Å². The fourth-order valence-electron chi connectivity index (χ4n) is 1.28. The molecular weight excluding hydrogens is 326 g/mol. The second kappa shape index (κ2) is 16.4. The van der Waals surface area contributed by atoms with Gasteiger partial charge in [-0.1, -0.05) is 15.9 Å². The minimum atomic E-state index is -0.0377. The first-order chi connectivity index (χ1) is 9.81. The summed E-state index contributed by atoms with van der Waals surface area (Å²) in [6, 6.07) is 0. The largest absolute Gasteiger partial charge is 0.379 e. The van der Waals surface area contributed by atoms with E-state index in [1.165, 1.54) is 0 Å². The van der Waals surface area contributed by atoms with Gasteiger partial charge < -0.3 is 19.5 Å². The molecule has 0 aliphatic heterocycles. The van der Waals surface area contributed by atoms with Crippen LogP contribution >= 0.6 is 15.9 Å².